The largest absolute Gasteiger partial charge is 0.383 e. The fourth-order valence-electron chi connectivity index (χ4n) is 3.52. The van der Waals surface area contributed by atoms with Gasteiger partial charge >= 0.3 is 0 Å². The minimum Gasteiger partial charge on any atom is -0.383 e. The molecule has 2 heterocycles. The van der Waals surface area contributed by atoms with E-state index in [1.54, 1.807) is 6.33 Å². The summed E-state index contributed by atoms with van der Waals surface area (Å²) in [4.78, 5) is 9.07. The summed E-state index contributed by atoms with van der Waals surface area (Å²) in [5.74, 6) is 1.47. The topological polar surface area (TPSA) is 106 Å². The highest BCUT2D eigenvalue weighted by Crippen LogP contribution is 2.04. The number of fused-ring (bicyclic) bond motifs is 1. The number of nitrogens with two attached hydrogens (primary N) is 2. The Labute approximate surface area is 175 Å². The van der Waals surface area contributed by atoms with E-state index in [0.29, 0.717) is 36.0 Å². The van der Waals surface area contributed by atoms with Crippen molar-refractivity contribution in [1.29, 1.82) is 0 Å². The van der Waals surface area contributed by atoms with Gasteiger partial charge in [0.05, 0.1) is 6.33 Å². The number of hydrogen-bond acceptors (Lipinski definition) is 4. The Bertz CT molecular complexity index is 1130. The Hall–Kier alpha value is -3.74. The van der Waals surface area contributed by atoms with Gasteiger partial charge in [-0.25, -0.2) is 4.98 Å². The molecule has 30 heavy (non-hydrogen) atoms. The van der Waals surface area contributed by atoms with Crippen LogP contribution in [0.5, 0.6) is 0 Å². The highest BCUT2D eigenvalue weighted by atomic mass is 15.3. The lowest BCUT2D eigenvalue weighted by Crippen LogP contribution is -2.40. The molecule has 7 heteroatoms. The van der Waals surface area contributed by atoms with Gasteiger partial charge in [0.2, 0.25) is 5.96 Å². The molecular weight excluding hydrogens is 374 g/mol. The number of imidazole rings is 1. The number of aryl methyl sites for hydroxylation is 1. The van der Waals surface area contributed by atoms with E-state index in [1.165, 1.54) is 5.56 Å². The summed E-state index contributed by atoms with van der Waals surface area (Å²) in [6.45, 7) is 1.34. The molecule has 0 atom stereocenters. The van der Waals surface area contributed by atoms with Crippen molar-refractivity contribution in [2.75, 3.05) is 6.54 Å². The molecule has 0 radical (unpaired) electrons. The second-order valence-electron chi connectivity index (χ2n) is 7.31. The molecule has 0 aliphatic carbocycles. The summed E-state index contributed by atoms with van der Waals surface area (Å²) in [5, 5.41) is 7.66. The number of guanidine groups is 1. The minimum atomic E-state index is 0.438. The van der Waals surface area contributed by atoms with E-state index < -0.39 is 0 Å². The number of hydrogen-bond donors (Lipinski definition) is 4. The molecule has 1 aromatic heterocycles. The molecule has 6 N–H and O–H groups in total. The van der Waals surface area contributed by atoms with Gasteiger partial charge in [-0.2, -0.15) is 0 Å². The molecule has 154 valence electrons. The van der Waals surface area contributed by atoms with Crippen molar-refractivity contribution >= 4 is 17.6 Å². The lowest BCUT2D eigenvalue weighted by atomic mass is 10.1. The molecule has 0 saturated carbocycles. The summed E-state index contributed by atoms with van der Waals surface area (Å²) in [7, 11) is 0. The van der Waals surface area contributed by atoms with Crippen molar-refractivity contribution < 1.29 is 0 Å². The van der Waals surface area contributed by atoms with Gasteiger partial charge in [0.25, 0.3) is 0 Å². The standard InChI is InChI=1S/C23H27N7/c24-21-19-20(30(16-27-19)15-18-12-5-2-6-13-18)22(25)29-23(28-21)26-14-8-7-11-17-9-3-1-4-10-17/h1-6,9-10,12-13,16H,7-8,11,14-15,24-25H2,(H2,26,28,29). The zero-order valence-corrected chi connectivity index (χ0v) is 16.9. The van der Waals surface area contributed by atoms with Gasteiger partial charge in [0.1, 0.15) is 22.3 Å². The third-order valence-corrected chi connectivity index (χ3v) is 5.04. The van der Waals surface area contributed by atoms with Crippen molar-refractivity contribution in [3.63, 3.8) is 0 Å². The molecule has 0 unspecified atom stereocenters. The number of nitrogens with zero attached hydrogens (tertiary/aromatic N) is 3. The molecule has 1 aliphatic rings. The minimum absolute atomic E-state index is 0.438. The van der Waals surface area contributed by atoms with E-state index >= 15 is 0 Å². The summed E-state index contributed by atoms with van der Waals surface area (Å²) < 4.78 is 1.99. The average Bonchev–Trinajstić information content (AvgIpc) is 3.13. The fourth-order valence-corrected chi connectivity index (χ4v) is 3.52. The molecule has 7 nitrogen and oxygen atoms in total. The third-order valence-electron chi connectivity index (χ3n) is 5.04. The van der Waals surface area contributed by atoms with Crippen LogP contribution in [0.25, 0.3) is 11.6 Å². The summed E-state index contributed by atoms with van der Waals surface area (Å²) in [6.07, 6.45) is 4.86. The zero-order chi connectivity index (χ0) is 20.8. The Kier molecular flexibility index (Phi) is 5.98. The predicted octanol–water partition coefficient (Wildman–Crippen LogP) is 0.552. The molecule has 0 spiro atoms. The molecule has 0 fully saturated rings. The van der Waals surface area contributed by atoms with Gasteiger partial charge in [-0.3, -0.25) is 4.99 Å². The lowest BCUT2D eigenvalue weighted by Gasteiger charge is -2.10. The summed E-state index contributed by atoms with van der Waals surface area (Å²) in [5.41, 5.74) is 15.1. The summed E-state index contributed by atoms with van der Waals surface area (Å²) >= 11 is 0. The van der Waals surface area contributed by atoms with E-state index in [4.69, 9.17) is 11.5 Å². The van der Waals surface area contributed by atoms with Gasteiger partial charge in [-0.05, 0) is 30.4 Å². The zero-order valence-electron chi connectivity index (χ0n) is 16.9. The first-order chi connectivity index (χ1) is 14.7. The van der Waals surface area contributed by atoms with Gasteiger partial charge in [0.15, 0.2) is 0 Å². The number of aliphatic imine (C=N–C) groups is 1. The first kappa shape index (κ1) is 19.6. The maximum atomic E-state index is 6.36. The lowest BCUT2D eigenvalue weighted by molar-refractivity contribution is 0.741. The molecule has 0 bridgehead atoms. The van der Waals surface area contributed by atoms with E-state index in [1.807, 2.05) is 28.8 Å². The monoisotopic (exact) mass is 401 g/mol. The molecule has 1 aliphatic heterocycles. The second kappa shape index (κ2) is 9.17. The first-order valence-electron chi connectivity index (χ1n) is 10.2. The molecule has 0 amide bonds. The number of nitrogens with one attached hydrogen (secondary N) is 2. The molecule has 2 aromatic carbocycles. The first-order valence-corrected chi connectivity index (χ1v) is 10.2. The van der Waals surface area contributed by atoms with E-state index in [9.17, 15) is 0 Å². The van der Waals surface area contributed by atoms with Crippen molar-refractivity contribution in [3.8, 4) is 0 Å². The highest BCUT2D eigenvalue weighted by Gasteiger charge is 2.13. The van der Waals surface area contributed by atoms with E-state index in [-0.39, 0.29) is 0 Å². The fraction of sp³-hybridized carbons (Fsp3) is 0.217. The van der Waals surface area contributed by atoms with Crippen molar-refractivity contribution in [3.05, 3.63) is 88.8 Å². The average molecular weight is 402 g/mol. The Morgan fingerprint density at radius 2 is 1.50 bits per heavy atom. The number of benzene rings is 2. The van der Waals surface area contributed by atoms with Crippen LogP contribution in [0.15, 0.2) is 72.0 Å². The van der Waals surface area contributed by atoms with Gasteiger partial charge < -0.3 is 26.7 Å². The van der Waals surface area contributed by atoms with Crippen LogP contribution in [-0.4, -0.2) is 22.1 Å². The van der Waals surface area contributed by atoms with Crippen LogP contribution < -0.4 is 32.8 Å². The molecule has 0 saturated heterocycles. The number of unbranched alkanes of at least 4 members (excludes halogenated alkanes) is 1. The quantitative estimate of drug-likeness (QED) is 0.433. The number of aromatic nitrogens is 2. The van der Waals surface area contributed by atoms with Gasteiger partial charge in [-0.1, -0.05) is 60.7 Å². The van der Waals surface area contributed by atoms with Crippen LogP contribution in [0.2, 0.25) is 0 Å². The maximum Gasteiger partial charge on any atom is 0.202 e. The summed E-state index contributed by atoms with van der Waals surface area (Å²) in [6, 6.07) is 20.7. The van der Waals surface area contributed by atoms with Gasteiger partial charge in [-0.15, -0.1) is 0 Å². The highest BCUT2D eigenvalue weighted by molar-refractivity contribution is 5.90. The van der Waals surface area contributed by atoms with Crippen LogP contribution in [0.3, 0.4) is 0 Å². The normalized spacial score (nSPS) is 14.7. The maximum absolute atomic E-state index is 6.36. The van der Waals surface area contributed by atoms with Crippen LogP contribution in [0.4, 0.5) is 0 Å². The van der Waals surface area contributed by atoms with Crippen LogP contribution in [0.1, 0.15) is 24.0 Å². The van der Waals surface area contributed by atoms with Crippen LogP contribution in [-0.2, 0) is 13.0 Å². The Morgan fingerprint density at radius 1 is 0.833 bits per heavy atom. The van der Waals surface area contributed by atoms with Crippen molar-refractivity contribution in [1.82, 2.24) is 20.2 Å². The Morgan fingerprint density at radius 3 is 2.23 bits per heavy atom. The predicted molar refractivity (Wildman–Crippen MR) is 120 cm³/mol. The second-order valence-corrected chi connectivity index (χ2v) is 7.31. The van der Waals surface area contributed by atoms with E-state index in [2.05, 4.69) is 57.0 Å². The molecular formula is C23H27N7. The molecule has 3 aromatic rings. The molecule has 4 rings (SSSR count). The van der Waals surface area contributed by atoms with Crippen LogP contribution in [0, 0.1) is 0 Å². The van der Waals surface area contributed by atoms with Gasteiger partial charge in [0, 0.05) is 13.1 Å². The Balaban J connectivity index is 1.45. The van der Waals surface area contributed by atoms with Crippen LogP contribution >= 0.6 is 0 Å². The van der Waals surface area contributed by atoms with Crippen molar-refractivity contribution in [2.45, 2.75) is 25.8 Å². The van der Waals surface area contributed by atoms with Crippen molar-refractivity contribution in [2.24, 2.45) is 16.5 Å². The smallest absolute Gasteiger partial charge is 0.202 e. The third kappa shape index (κ3) is 4.63. The SMILES string of the molecule is NC1=c2ncn(Cc3ccccc3)c2=C(N)NC(=NCCCCc2ccccc2)N1. The number of rotatable bonds is 7. The van der Waals surface area contributed by atoms with E-state index in [0.717, 1.165) is 30.2 Å².